The minimum Gasteiger partial charge on any atom is -0.319 e. The predicted molar refractivity (Wildman–Crippen MR) is 85.3 cm³/mol. The van der Waals surface area contributed by atoms with Gasteiger partial charge in [0.2, 0.25) is 0 Å². The van der Waals surface area contributed by atoms with Crippen molar-refractivity contribution in [1.29, 1.82) is 0 Å². The Morgan fingerprint density at radius 1 is 1.05 bits per heavy atom. The van der Waals surface area contributed by atoms with Crippen LogP contribution < -0.4 is 5.32 Å². The van der Waals surface area contributed by atoms with E-state index in [1.54, 1.807) is 12.1 Å². The van der Waals surface area contributed by atoms with Crippen molar-refractivity contribution in [3.63, 3.8) is 0 Å². The second kappa shape index (κ2) is 7.66. The van der Waals surface area contributed by atoms with Crippen LogP contribution in [0.5, 0.6) is 0 Å². The van der Waals surface area contributed by atoms with Crippen molar-refractivity contribution in [3.05, 3.63) is 69.7 Å². The zero-order valence-corrected chi connectivity index (χ0v) is 13.5. The monoisotopic (exact) mass is 353 g/mol. The highest BCUT2D eigenvalue weighted by Gasteiger charge is 2.15. The van der Waals surface area contributed by atoms with Crippen molar-refractivity contribution in [1.82, 2.24) is 5.32 Å². The molecule has 1 unspecified atom stereocenters. The Morgan fingerprint density at radius 2 is 1.76 bits per heavy atom. The molecule has 0 bridgehead atoms. The van der Waals surface area contributed by atoms with Gasteiger partial charge >= 0.3 is 0 Å². The highest BCUT2D eigenvalue weighted by Crippen LogP contribution is 2.19. The summed E-state index contributed by atoms with van der Waals surface area (Å²) in [6.07, 6.45) is 1.34. The molecule has 2 aromatic rings. The van der Waals surface area contributed by atoms with Crippen LogP contribution in [0.3, 0.4) is 0 Å². The van der Waals surface area contributed by atoms with Gasteiger partial charge in [0.05, 0.1) is 0 Å². The third-order valence-corrected chi connectivity index (χ3v) is 4.00. The molecule has 0 fully saturated rings. The highest BCUT2D eigenvalue weighted by atomic mass is 79.9. The van der Waals surface area contributed by atoms with Gasteiger partial charge in [-0.2, -0.15) is 0 Å². The first-order chi connectivity index (χ1) is 10.1. The van der Waals surface area contributed by atoms with Crippen LogP contribution in [0.2, 0.25) is 0 Å². The molecule has 0 radical (unpaired) electrons. The Bertz CT molecular complexity index is 584. The van der Waals surface area contributed by atoms with E-state index in [0.717, 1.165) is 23.5 Å². The number of halogens is 3. The van der Waals surface area contributed by atoms with Crippen LogP contribution in [0, 0.1) is 17.6 Å². The lowest BCUT2D eigenvalue weighted by Crippen LogP contribution is -2.23. The van der Waals surface area contributed by atoms with Gasteiger partial charge in [0.25, 0.3) is 0 Å². The molecule has 0 heterocycles. The van der Waals surface area contributed by atoms with Crippen molar-refractivity contribution in [2.45, 2.75) is 12.8 Å². The van der Waals surface area contributed by atoms with Gasteiger partial charge < -0.3 is 5.32 Å². The lowest BCUT2D eigenvalue weighted by atomic mass is 9.92. The summed E-state index contributed by atoms with van der Waals surface area (Å²) in [5, 5.41) is 3.13. The molecule has 0 spiro atoms. The lowest BCUT2D eigenvalue weighted by molar-refractivity contribution is 0.459. The SMILES string of the molecule is CNCC(Cc1ccc(Br)cc1)Cc1cccc(F)c1F. The Kier molecular flexibility index (Phi) is 5.88. The maximum absolute atomic E-state index is 13.8. The second-order valence-corrected chi connectivity index (χ2v) is 6.09. The molecule has 0 saturated heterocycles. The fraction of sp³-hybridized carbons (Fsp3) is 0.294. The lowest BCUT2D eigenvalue weighted by Gasteiger charge is -2.17. The smallest absolute Gasteiger partial charge is 0.162 e. The summed E-state index contributed by atoms with van der Waals surface area (Å²) >= 11 is 3.41. The molecule has 2 rings (SSSR count). The van der Waals surface area contributed by atoms with Crippen LogP contribution in [0.1, 0.15) is 11.1 Å². The molecule has 2 aromatic carbocycles. The number of rotatable bonds is 6. The number of hydrogen-bond acceptors (Lipinski definition) is 1. The van der Waals surface area contributed by atoms with E-state index in [0.29, 0.717) is 12.0 Å². The van der Waals surface area contributed by atoms with E-state index in [1.165, 1.54) is 5.56 Å². The van der Waals surface area contributed by atoms with Crippen molar-refractivity contribution < 1.29 is 8.78 Å². The molecule has 112 valence electrons. The standard InChI is InChI=1S/C17H18BrF2N/c1-21-11-13(9-12-5-7-15(18)8-6-12)10-14-3-2-4-16(19)17(14)20/h2-8,13,21H,9-11H2,1H3. The molecular weight excluding hydrogens is 336 g/mol. The van der Waals surface area contributed by atoms with Gasteiger partial charge in [0.1, 0.15) is 0 Å². The first-order valence-corrected chi connectivity index (χ1v) is 7.71. The van der Waals surface area contributed by atoms with Crippen LogP contribution in [-0.2, 0) is 12.8 Å². The maximum Gasteiger partial charge on any atom is 0.162 e. The molecule has 0 aromatic heterocycles. The summed E-state index contributed by atoms with van der Waals surface area (Å²) < 4.78 is 28.1. The fourth-order valence-corrected chi connectivity index (χ4v) is 2.74. The zero-order valence-electron chi connectivity index (χ0n) is 11.9. The van der Waals surface area contributed by atoms with Crippen molar-refractivity contribution in [2.75, 3.05) is 13.6 Å². The van der Waals surface area contributed by atoms with E-state index in [-0.39, 0.29) is 5.92 Å². The van der Waals surface area contributed by atoms with Crippen molar-refractivity contribution in [2.24, 2.45) is 5.92 Å². The molecule has 1 nitrogen and oxygen atoms in total. The Labute approximate surface area is 132 Å². The van der Waals surface area contributed by atoms with E-state index >= 15 is 0 Å². The van der Waals surface area contributed by atoms with Crippen LogP contribution >= 0.6 is 15.9 Å². The van der Waals surface area contributed by atoms with Crippen LogP contribution in [0.15, 0.2) is 46.9 Å². The van der Waals surface area contributed by atoms with Gasteiger partial charge in [-0.15, -0.1) is 0 Å². The van der Waals surface area contributed by atoms with Crippen molar-refractivity contribution >= 4 is 15.9 Å². The van der Waals surface area contributed by atoms with E-state index in [4.69, 9.17) is 0 Å². The average Bonchev–Trinajstić information content (AvgIpc) is 2.46. The summed E-state index contributed by atoms with van der Waals surface area (Å²) in [5.74, 6) is -1.29. The summed E-state index contributed by atoms with van der Waals surface area (Å²) in [6, 6.07) is 12.5. The van der Waals surface area contributed by atoms with Gasteiger partial charge in [0, 0.05) is 4.47 Å². The Hall–Kier alpha value is -1.26. The highest BCUT2D eigenvalue weighted by molar-refractivity contribution is 9.10. The third kappa shape index (κ3) is 4.61. The molecule has 0 saturated carbocycles. The molecule has 0 amide bonds. The van der Waals surface area contributed by atoms with E-state index in [1.807, 2.05) is 19.2 Å². The Balaban J connectivity index is 2.11. The quantitative estimate of drug-likeness (QED) is 0.813. The maximum atomic E-state index is 13.8. The van der Waals surface area contributed by atoms with Gasteiger partial charge in [0.15, 0.2) is 11.6 Å². The van der Waals surface area contributed by atoms with Gasteiger partial charge in [-0.25, -0.2) is 8.78 Å². The summed E-state index contributed by atoms with van der Waals surface area (Å²) in [5.41, 5.74) is 1.63. The van der Waals surface area contributed by atoms with Crippen LogP contribution in [-0.4, -0.2) is 13.6 Å². The molecule has 0 aliphatic rings. The minimum absolute atomic E-state index is 0.215. The summed E-state index contributed by atoms with van der Waals surface area (Å²) in [6.45, 7) is 0.756. The van der Waals surface area contributed by atoms with E-state index in [2.05, 4.69) is 33.4 Å². The number of nitrogens with one attached hydrogen (secondary N) is 1. The molecule has 21 heavy (non-hydrogen) atoms. The van der Waals surface area contributed by atoms with Gasteiger partial charge in [-0.05, 0) is 61.7 Å². The summed E-state index contributed by atoms with van der Waals surface area (Å²) in [7, 11) is 1.87. The molecule has 1 atom stereocenters. The van der Waals surface area contributed by atoms with E-state index < -0.39 is 11.6 Å². The Morgan fingerprint density at radius 3 is 2.43 bits per heavy atom. The number of hydrogen-bond donors (Lipinski definition) is 1. The van der Waals surface area contributed by atoms with Crippen LogP contribution in [0.25, 0.3) is 0 Å². The third-order valence-electron chi connectivity index (χ3n) is 3.47. The minimum atomic E-state index is -0.778. The van der Waals surface area contributed by atoms with E-state index in [9.17, 15) is 8.78 Å². The van der Waals surface area contributed by atoms with Gasteiger partial charge in [-0.3, -0.25) is 0 Å². The summed E-state index contributed by atoms with van der Waals surface area (Å²) in [4.78, 5) is 0. The largest absolute Gasteiger partial charge is 0.319 e. The molecule has 4 heteroatoms. The van der Waals surface area contributed by atoms with Crippen LogP contribution in [0.4, 0.5) is 8.78 Å². The van der Waals surface area contributed by atoms with Gasteiger partial charge in [-0.1, -0.05) is 40.2 Å². The molecule has 0 aliphatic carbocycles. The molecule has 0 aliphatic heterocycles. The fourth-order valence-electron chi connectivity index (χ4n) is 2.48. The van der Waals surface area contributed by atoms with Crippen molar-refractivity contribution in [3.8, 4) is 0 Å². The zero-order chi connectivity index (χ0) is 15.2. The molecular formula is C17H18BrF2N. The molecule has 1 N–H and O–H groups in total. The normalized spacial score (nSPS) is 12.4. The average molecular weight is 354 g/mol. The predicted octanol–water partition coefficient (Wildman–Crippen LogP) is 4.35. The second-order valence-electron chi connectivity index (χ2n) is 5.17. The number of benzene rings is 2. The topological polar surface area (TPSA) is 12.0 Å². The first-order valence-electron chi connectivity index (χ1n) is 6.92. The first kappa shape index (κ1) is 16.1.